The molecule has 0 aliphatic carbocycles. The lowest BCUT2D eigenvalue weighted by molar-refractivity contribution is 0.0938. The summed E-state index contributed by atoms with van der Waals surface area (Å²) in [6.45, 7) is 4.28. The Balaban J connectivity index is 1.51. The third-order valence-electron chi connectivity index (χ3n) is 4.55. The molecule has 1 N–H and O–H groups in total. The van der Waals surface area contributed by atoms with Crippen LogP contribution in [-0.4, -0.2) is 67.3 Å². The minimum atomic E-state index is -0.0354. The van der Waals surface area contributed by atoms with Crippen molar-refractivity contribution in [3.05, 3.63) is 30.1 Å². The van der Waals surface area contributed by atoms with Crippen molar-refractivity contribution in [2.45, 2.75) is 12.6 Å². The maximum atomic E-state index is 11.7. The number of pyridine rings is 1. The van der Waals surface area contributed by atoms with E-state index in [1.165, 1.54) is 0 Å². The van der Waals surface area contributed by atoms with Gasteiger partial charge in [0.05, 0.1) is 18.4 Å². The van der Waals surface area contributed by atoms with Gasteiger partial charge >= 0.3 is 6.03 Å². The Kier molecular flexibility index (Phi) is 4.59. The van der Waals surface area contributed by atoms with E-state index < -0.39 is 0 Å². The summed E-state index contributed by atoms with van der Waals surface area (Å²) in [5.41, 5.74) is 1.10. The standard InChI is InChI=1S/C16H24N4O2/c1-19(2)16(21)18-7-12-11-22-15-10-20(9-14(12)15)8-13-5-3-4-6-17-13/h3-6,12,14-15H,7-11H2,1-2H3,(H,18,21)/t12-,14+,15+/m1/s1. The number of urea groups is 1. The zero-order valence-electron chi connectivity index (χ0n) is 13.2. The van der Waals surface area contributed by atoms with Gasteiger partial charge in [-0.2, -0.15) is 0 Å². The second kappa shape index (κ2) is 6.62. The number of nitrogens with one attached hydrogen (secondary N) is 1. The van der Waals surface area contributed by atoms with Crippen LogP contribution in [0, 0.1) is 11.8 Å². The van der Waals surface area contributed by atoms with Gasteiger partial charge in [0.2, 0.25) is 0 Å². The number of amides is 2. The Morgan fingerprint density at radius 2 is 2.32 bits per heavy atom. The minimum absolute atomic E-state index is 0.0354. The highest BCUT2D eigenvalue weighted by Crippen LogP contribution is 2.33. The first-order valence-corrected chi connectivity index (χ1v) is 7.82. The van der Waals surface area contributed by atoms with Crippen LogP contribution in [-0.2, 0) is 11.3 Å². The largest absolute Gasteiger partial charge is 0.376 e. The van der Waals surface area contributed by atoms with Gasteiger partial charge in [0.15, 0.2) is 0 Å². The third-order valence-corrected chi connectivity index (χ3v) is 4.55. The molecule has 3 atom stereocenters. The number of carbonyl (C=O) groups is 1. The molecule has 0 saturated carbocycles. The molecule has 2 fully saturated rings. The molecule has 0 radical (unpaired) electrons. The molecule has 1 aromatic rings. The van der Waals surface area contributed by atoms with Crippen molar-refractivity contribution >= 4 is 6.03 Å². The highest BCUT2D eigenvalue weighted by molar-refractivity contribution is 5.73. The Morgan fingerprint density at radius 1 is 1.45 bits per heavy atom. The zero-order chi connectivity index (χ0) is 15.5. The first-order valence-electron chi connectivity index (χ1n) is 7.82. The summed E-state index contributed by atoms with van der Waals surface area (Å²) >= 11 is 0. The van der Waals surface area contributed by atoms with E-state index in [0.717, 1.165) is 31.9 Å². The van der Waals surface area contributed by atoms with Gasteiger partial charge in [0, 0.05) is 58.3 Å². The molecule has 120 valence electrons. The van der Waals surface area contributed by atoms with Crippen molar-refractivity contribution in [3.8, 4) is 0 Å². The second-order valence-corrected chi connectivity index (χ2v) is 6.39. The van der Waals surface area contributed by atoms with Gasteiger partial charge in [-0.25, -0.2) is 4.79 Å². The molecule has 0 bridgehead atoms. The summed E-state index contributed by atoms with van der Waals surface area (Å²) in [5, 5.41) is 2.98. The number of fused-ring (bicyclic) bond motifs is 1. The molecule has 6 heteroatoms. The number of carbonyl (C=O) groups excluding carboxylic acids is 1. The Bertz CT molecular complexity index is 508. The number of nitrogens with zero attached hydrogens (tertiary/aromatic N) is 3. The molecule has 2 aliphatic rings. The Labute approximate surface area is 131 Å². The van der Waals surface area contributed by atoms with Gasteiger partial charge in [-0.1, -0.05) is 6.07 Å². The van der Waals surface area contributed by atoms with Crippen molar-refractivity contribution in [3.63, 3.8) is 0 Å². The average Bonchev–Trinajstić information content (AvgIpc) is 3.06. The van der Waals surface area contributed by atoms with Gasteiger partial charge in [-0.3, -0.25) is 9.88 Å². The van der Waals surface area contributed by atoms with Crippen molar-refractivity contribution in [1.29, 1.82) is 0 Å². The summed E-state index contributed by atoms with van der Waals surface area (Å²) in [6.07, 6.45) is 2.13. The van der Waals surface area contributed by atoms with Crippen molar-refractivity contribution in [2.24, 2.45) is 11.8 Å². The third kappa shape index (κ3) is 3.39. The molecule has 6 nitrogen and oxygen atoms in total. The number of likely N-dealkylation sites (tertiary alicyclic amines) is 1. The van der Waals surface area contributed by atoms with Gasteiger partial charge in [-0.15, -0.1) is 0 Å². The molecule has 0 spiro atoms. The van der Waals surface area contributed by atoms with Crippen molar-refractivity contribution in [1.82, 2.24) is 20.1 Å². The number of hydrogen-bond acceptors (Lipinski definition) is 4. The topological polar surface area (TPSA) is 57.7 Å². The fraction of sp³-hybridized carbons (Fsp3) is 0.625. The maximum absolute atomic E-state index is 11.7. The molecule has 2 aliphatic heterocycles. The van der Waals surface area contributed by atoms with E-state index in [-0.39, 0.29) is 6.03 Å². The lowest BCUT2D eigenvalue weighted by Gasteiger charge is -2.20. The molecule has 1 aromatic heterocycles. The lowest BCUT2D eigenvalue weighted by Crippen LogP contribution is -2.39. The molecule has 2 saturated heterocycles. The second-order valence-electron chi connectivity index (χ2n) is 6.39. The number of ether oxygens (including phenoxy) is 1. The van der Waals surface area contributed by atoms with Crippen molar-refractivity contribution in [2.75, 3.05) is 40.3 Å². The monoisotopic (exact) mass is 304 g/mol. The minimum Gasteiger partial charge on any atom is -0.376 e. The molecular formula is C16H24N4O2. The predicted molar refractivity (Wildman–Crippen MR) is 83.3 cm³/mol. The van der Waals surface area contributed by atoms with Crippen LogP contribution < -0.4 is 5.32 Å². The van der Waals surface area contributed by atoms with Gasteiger partial charge in [0.1, 0.15) is 0 Å². The summed E-state index contributed by atoms with van der Waals surface area (Å²) in [7, 11) is 3.51. The van der Waals surface area contributed by atoms with E-state index >= 15 is 0 Å². The highest BCUT2D eigenvalue weighted by Gasteiger charge is 2.43. The van der Waals surface area contributed by atoms with Crippen LogP contribution in [0.3, 0.4) is 0 Å². The Hall–Kier alpha value is -1.66. The normalized spacial score (nSPS) is 27.6. The predicted octanol–water partition coefficient (Wildman–Crippen LogP) is 0.800. The van der Waals surface area contributed by atoms with Gasteiger partial charge in [0.25, 0.3) is 0 Å². The fourth-order valence-electron chi connectivity index (χ4n) is 3.32. The Morgan fingerprint density at radius 3 is 3.05 bits per heavy atom. The quantitative estimate of drug-likeness (QED) is 0.894. The number of rotatable bonds is 4. The molecule has 0 aromatic carbocycles. The zero-order valence-corrected chi connectivity index (χ0v) is 13.2. The number of hydrogen-bond donors (Lipinski definition) is 1. The van der Waals surface area contributed by atoms with E-state index in [2.05, 4.69) is 21.3 Å². The summed E-state index contributed by atoms with van der Waals surface area (Å²) in [5.74, 6) is 0.911. The van der Waals surface area contributed by atoms with Crippen LogP contribution in [0.25, 0.3) is 0 Å². The van der Waals surface area contributed by atoms with Crippen LogP contribution in [0.4, 0.5) is 4.79 Å². The van der Waals surface area contributed by atoms with Crippen LogP contribution >= 0.6 is 0 Å². The van der Waals surface area contributed by atoms with Gasteiger partial charge < -0.3 is 15.0 Å². The number of aromatic nitrogens is 1. The SMILES string of the molecule is CN(C)C(=O)NC[C@@H]1CO[C@H]2CN(Cc3ccccn3)C[C@@H]12. The molecule has 3 heterocycles. The summed E-state index contributed by atoms with van der Waals surface area (Å²) < 4.78 is 5.92. The molecular weight excluding hydrogens is 280 g/mol. The van der Waals surface area contributed by atoms with E-state index in [9.17, 15) is 4.79 Å². The maximum Gasteiger partial charge on any atom is 0.316 e. The van der Waals surface area contributed by atoms with E-state index in [0.29, 0.717) is 24.5 Å². The van der Waals surface area contributed by atoms with Crippen LogP contribution in [0.2, 0.25) is 0 Å². The first-order chi connectivity index (χ1) is 10.6. The van der Waals surface area contributed by atoms with Crippen molar-refractivity contribution < 1.29 is 9.53 Å². The van der Waals surface area contributed by atoms with Crippen LogP contribution in [0.5, 0.6) is 0 Å². The van der Waals surface area contributed by atoms with Crippen LogP contribution in [0.1, 0.15) is 5.69 Å². The molecule has 0 unspecified atom stereocenters. The first kappa shape index (κ1) is 15.2. The lowest BCUT2D eigenvalue weighted by atomic mass is 9.93. The fourth-order valence-corrected chi connectivity index (χ4v) is 3.32. The highest BCUT2D eigenvalue weighted by atomic mass is 16.5. The summed E-state index contributed by atoms with van der Waals surface area (Å²) in [6, 6.07) is 5.99. The van der Waals surface area contributed by atoms with Gasteiger partial charge in [-0.05, 0) is 12.1 Å². The van der Waals surface area contributed by atoms with E-state index in [1.807, 2.05) is 18.3 Å². The summed E-state index contributed by atoms with van der Waals surface area (Å²) in [4.78, 5) is 20.0. The van der Waals surface area contributed by atoms with Crippen LogP contribution in [0.15, 0.2) is 24.4 Å². The smallest absolute Gasteiger partial charge is 0.316 e. The molecule has 3 rings (SSSR count). The average molecular weight is 304 g/mol. The molecule has 2 amide bonds. The van der Waals surface area contributed by atoms with E-state index in [1.54, 1.807) is 19.0 Å². The van der Waals surface area contributed by atoms with E-state index in [4.69, 9.17) is 4.74 Å². The molecule has 22 heavy (non-hydrogen) atoms.